The molecule has 0 aliphatic rings. The fraction of sp³-hybridized carbons (Fsp3) is 0. The molecule has 51 heavy (non-hydrogen) atoms. The van der Waals surface area contributed by atoms with Crippen molar-refractivity contribution in [3.8, 4) is 33.7 Å². The number of aromatic nitrogens is 1. The van der Waals surface area contributed by atoms with Gasteiger partial charge in [0.2, 0.25) is 5.89 Å². The van der Waals surface area contributed by atoms with Crippen LogP contribution in [0.1, 0.15) is 0 Å². The summed E-state index contributed by atoms with van der Waals surface area (Å²) in [4.78, 5) is 7.13. The second kappa shape index (κ2) is 11.9. The Bertz CT molecular complexity index is 2830. The van der Waals surface area contributed by atoms with Gasteiger partial charge in [0.1, 0.15) is 11.1 Å². The number of nitrogens with zero attached hydrogens (tertiary/aromatic N) is 2. The van der Waals surface area contributed by atoms with Crippen LogP contribution in [0.4, 0.5) is 17.1 Å². The normalized spacial score (nSPS) is 11.5. The maximum absolute atomic E-state index is 6.78. The first-order chi connectivity index (χ1) is 25.3. The Morgan fingerprint density at radius 2 is 1.12 bits per heavy atom. The van der Waals surface area contributed by atoms with Gasteiger partial charge in [-0.25, -0.2) is 4.98 Å². The summed E-state index contributed by atoms with van der Waals surface area (Å²) in [7, 11) is 0. The van der Waals surface area contributed by atoms with Crippen LogP contribution in [0.15, 0.2) is 191 Å². The Morgan fingerprint density at radius 1 is 0.431 bits per heavy atom. The highest BCUT2D eigenvalue weighted by atomic mass is 16.3. The average molecular weight is 655 g/mol. The van der Waals surface area contributed by atoms with Crippen LogP contribution in [-0.2, 0) is 0 Å². The van der Waals surface area contributed by atoms with Gasteiger partial charge in [-0.15, -0.1) is 0 Å². The van der Waals surface area contributed by atoms with Crippen LogP contribution in [0.25, 0.3) is 77.5 Å². The van der Waals surface area contributed by atoms with E-state index in [1.165, 1.54) is 16.3 Å². The molecule has 4 heteroatoms. The highest BCUT2D eigenvalue weighted by molar-refractivity contribution is 6.15. The predicted molar refractivity (Wildman–Crippen MR) is 210 cm³/mol. The molecule has 10 rings (SSSR count). The van der Waals surface area contributed by atoms with Crippen molar-refractivity contribution < 1.29 is 8.83 Å². The van der Waals surface area contributed by atoms with Gasteiger partial charge in [-0.3, -0.25) is 0 Å². The van der Waals surface area contributed by atoms with Crippen LogP contribution in [0.2, 0.25) is 0 Å². The summed E-state index contributed by atoms with van der Waals surface area (Å²) in [5, 5.41) is 4.44. The topological polar surface area (TPSA) is 42.4 Å². The molecule has 0 fully saturated rings. The summed E-state index contributed by atoms with van der Waals surface area (Å²) >= 11 is 0. The van der Waals surface area contributed by atoms with Gasteiger partial charge in [-0.1, -0.05) is 121 Å². The zero-order valence-corrected chi connectivity index (χ0v) is 27.5. The Labute approximate surface area is 294 Å². The molecule has 10 aromatic rings. The van der Waals surface area contributed by atoms with Gasteiger partial charge in [-0.05, 0) is 93.7 Å². The Morgan fingerprint density at radius 3 is 2.00 bits per heavy atom. The highest BCUT2D eigenvalue weighted by Gasteiger charge is 2.22. The van der Waals surface area contributed by atoms with Gasteiger partial charge < -0.3 is 13.7 Å². The summed E-state index contributed by atoms with van der Waals surface area (Å²) in [5.74, 6) is 0.576. The summed E-state index contributed by atoms with van der Waals surface area (Å²) in [5.41, 5.74) is 11.7. The van der Waals surface area contributed by atoms with Gasteiger partial charge in [-0.2, -0.15) is 0 Å². The number of rotatable bonds is 6. The van der Waals surface area contributed by atoms with E-state index in [1.54, 1.807) is 0 Å². The van der Waals surface area contributed by atoms with E-state index in [0.29, 0.717) is 5.89 Å². The SMILES string of the molecule is c1ccc(-c2cccc(N(c3ccc(-c4ccc5ccccc5c4)cc3)c3cccc4c3oc3cccc(-c5nc6ccccc6o5)c34)c2)cc1. The lowest BCUT2D eigenvalue weighted by Crippen LogP contribution is -2.10. The van der Waals surface area contributed by atoms with Crippen LogP contribution < -0.4 is 4.90 Å². The van der Waals surface area contributed by atoms with E-state index < -0.39 is 0 Å². The standard InChI is InChI=1S/C47H30N2O2/c1-2-11-31(12-3-1)35-15-8-16-38(30-35)49(37-27-25-33(26-28-37)36-24-23-32-13-4-5-14-34(32)29-36)42-20-9-17-39-45-40(18-10-22-44(45)50-46(39)42)47-48-41-19-6-7-21-43(41)51-47/h1-30H. The minimum Gasteiger partial charge on any atom is -0.454 e. The van der Waals surface area contributed by atoms with Crippen molar-refractivity contribution in [2.75, 3.05) is 4.90 Å². The lowest BCUT2D eigenvalue weighted by molar-refractivity contribution is 0.620. The van der Waals surface area contributed by atoms with E-state index in [4.69, 9.17) is 13.8 Å². The number of hydrogen-bond acceptors (Lipinski definition) is 4. The van der Waals surface area contributed by atoms with E-state index in [0.717, 1.165) is 72.4 Å². The Hall–Kier alpha value is -6.91. The zero-order chi connectivity index (χ0) is 33.7. The first kappa shape index (κ1) is 29.0. The largest absolute Gasteiger partial charge is 0.454 e. The van der Waals surface area contributed by atoms with E-state index in [-0.39, 0.29) is 0 Å². The second-order valence-electron chi connectivity index (χ2n) is 12.8. The number of anilines is 3. The second-order valence-corrected chi connectivity index (χ2v) is 12.8. The molecule has 0 aliphatic carbocycles. The molecule has 0 radical (unpaired) electrons. The molecule has 0 aliphatic heterocycles. The van der Waals surface area contributed by atoms with Crippen LogP contribution in [-0.4, -0.2) is 4.98 Å². The van der Waals surface area contributed by atoms with E-state index >= 15 is 0 Å². The van der Waals surface area contributed by atoms with Crippen LogP contribution in [0.3, 0.4) is 0 Å². The van der Waals surface area contributed by atoms with Gasteiger partial charge in [0.25, 0.3) is 0 Å². The molecule has 240 valence electrons. The molecule has 2 aromatic heterocycles. The van der Waals surface area contributed by atoms with Gasteiger partial charge >= 0.3 is 0 Å². The van der Waals surface area contributed by atoms with Crippen molar-refractivity contribution in [1.82, 2.24) is 4.98 Å². The summed E-state index contributed by atoms with van der Waals surface area (Å²) in [6.45, 7) is 0. The third kappa shape index (κ3) is 5.04. The van der Waals surface area contributed by atoms with Crippen molar-refractivity contribution in [2.45, 2.75) is 0 Å². The third-order valence-electron chi connectivity index (χ3n) is 9.69. The van der Waals surface area contributed by atoms with E-state index in [1.807, 2.05) is 42.5 Å². The lowest BCUT2D eigenvalue weighted by Gasteiger charge is -2.26. The molecule has 0 amide bonds. The number of fused-ring (bicyclic) bond motifs is 5. The molecule has 0 saturated heterocycles. The Kier molecular flexibility index (Phi) is 6.78. The lowest BCUT2D eigenvalue weighted by atomic mass is 10.0. The molecular weight excluding hydrogens is 625 g/mol. The fourth-order valence-corrected chi connectivity index (χ4v) is 7.23. The first-order valence-corrected chi connectivity index (χ1v) is 17.1. The van der Waals surface area contributed by atoms with Crippen molar-refractivity contribution >= 4 is 60.9 Å². The highest BCUT2D eigenvalue weighted by Crippen LogP contribution is 2.45. The molecule has 0 N–H and O–H groups in total. The maximum atomic E-state index is 6.78. The number of oxazole rings is 1. The smallest absolute Gasteiger partial charge is 0.228 e. The van der Waals surface area contributed by atoms with E-state index in [9.17, 15) is 0 Å². The van der Waals surface area contributed by atoms with Crippen LogP contribution in [0, 0.1) is 0 Å². The zero-order valence-electron chi connectivity index (χ0n) is 27.5. The Balaban J connectivity index is 1.15. The number of para-hydroxylation sites is 3. The van der Waals surface area contributed by atoms with Crippen molar-refractivity contribution in [2.24, 2.45) is 0 Å². The maximum Gasteiger partial charge on any atom is 0.228 e. The molecule has 2 heterocycles. The predicted octanol–water partition coefficient (Wildman–Crippen LogP) is 13.4. The molecule has 0 unspecified atom stereocenters. The molecule has 0 spiro atoms. The summed E-state index contributed by atoms with van der Waals surface area (Å²) in [6, 6.07) is 63.4. The monoisotopic (exact) mass is 654 g/mol. The van der Waals surface area contributed by atoms with Crippen LogP contribution >= 0.6 is 0 Å². The van der Waals surface area contributed by atoms with Gasteiger partial charge in [0, 0.05) is 27.7 Å². The van der Waals surface area contributed by atoms with Crippen molar-refractivity contribution in [1.29, 1.82) is 0 Å². The average Bonchev–Trinajstić information content (AvgIpc) is 3.81. The van der Waals surface area contributed by atoms with Gasteiger partial charge in [0.15, 0.2) is 11.2 Å². The van der Waals surface area contributed by atoms with Crippen molar-refractivity contribution in [3.05, 3.63) is 182 Å². The first-order valence-electron chi connectivity index (χ1n) is 17.1. The quantitative estimate of drug-likeness (QED) is 0.179. The molecule has 4 nitrogen and oxygen atoms in total. The number of hydrogen-bond donors (Lipinski definition) is 0. The summed E-state index contributed by atoms with van der Waals surface area (Å²) < 4.78 is 13.0. The molecular formula is C47H30N2O2. The summed E-state index contributed by atoms with van der Waals surface area (Å²) in [6.07, 6.45) is 0. The minimum atomic E-state index is 0.576. The molecule has 8 aromatic carbocycles. The molecule has 0 bridgehead atoms. The number of furan rings is 1. The van der Waals surface area contributed by atoms with Crippen molar-refractivity contribution in [3.63, 3.8) is 0 Å². The number of benzene rings is 8. The fourth-order valence-electron chi connectivity index (χ4n) is 7.23. The third-order valence-corrected chi connectivity index (χ3v) is 9.69. The van der Waals surface area contributed by atoms with Gasteiger partial charge in [0.05, 0.1) is 5.69 Å². The molecule has 0 atom stereocenters. The molecule has 0 saturated carbocycles. The van der Waals surface area contributed by atoms with E-state index in [2.05, 4.69) is 144 Å². The minimum absolute atomic E-state index is 0.576. The van der Waals surface area contributed by atoms with Crippen LogP contribution in [0.5, 0.6) is 0 Å².